The highest BCUT2D eigenvalue weighted by Gasteiger charge is 2.64. The summed E-state index contributed by atoms with van der Waals surface area (Å²) in [6.45, 7) is 4.28. The number of hydrogen-bond acceptors (Lipinski definition) is 15. The van der Waals surface area contributed by atoms with E-state index in [4.69, 9.17) is 28.4 Å². The number of esters is 2. The van der Waals surface area contributed by atoms with Gasteiger partial charge in [-0.2, -0.15) is 0 Å². The fourth-order valence-electron chi connectivity index (χ4n) is 8.41. The predicted octanol–water partition coefficient (Wildman–Crippen LogP) is 2.20. The third kappa shape index (κ3) is 11.4. The Morgan fingerprint density at radius 1 is 0.922 bits per heavy atom. The molecule has 0 radical (unpaired) electrons. The molecule has 4 fully saturated rings. The lowest BCUT2D eigenvalue weighted by Crippen LogP contribution is -2.59. The molecule has 9 atom stereocenters. The summed E-state index contributed by atoms with van der Waals surface area (Å²) in [5.41, 5.74) is 1.37. The third-order valence-electron chi connectivity index (χ3n) is 12.0. The maximum absolute atomic E-state index is 14.0. The maximum Gasteiger partial charge on any atom is 0.339 e. The van der Waals surface area contributed by atoms with Gasteiger partial charge in [-0.1, -0.05) is 42.5 Å². The zero-order chi connectivity index (χ0) is 45.8. The Hall–Kier alpha value is -4.56. The highest BCUT2D eigenvalue weighted by atomic mass is 16.8. The van der Waals surface area contributed by atoms with Crippen LogP contribution in [0.2, 0.25) is 0 Å². The van der Waals surface area contributed by atoms with Crippen molar-refractivity contribution in [2.45, 2.75) is 139 Å². The van der Waals surface area contributed by atoms with Gasteiger partial charge in [0.2, 0.25) is 5.91 Å². The molecule has 17 nitrogen and oxygen atoms in total. The van der Waals surface area contributed by atoms with Crippen LogP contribution in [0.15, 0.2) is 66.3 Å². The van der Waals surface area contributed by atoms with Gasteiger partial charge in [0.25, 0.3) is 5.91 Å². The lowest BCUT2D eigenvalue weighted by atomic mass is 9.91. The fraction of sp³-hybridized carbons (Fsp3) is 0.574. The fourth-order valence-corrected chi connectivity index (χ4v) is 8.41. The highest BCUT2D eigenvalue weighted by molar-refractivity contribution is 5.96. The number of carbonyl (C=O) groups is 4. The molecule has 2 heterocycles. The zero-order valence-corrected chi connectivity index (χ0v) is 36.3. The van der Waals surface area contributed by atoms with Gasteiger partial charge in [0.1, 0.15) is 48.3 Å². The second kappa shape index (κ2) is 20.3. The summed E-state index contributed by atoms with van der Waals surface area (Å²) in [5.74, 6) is -2.32. The number of ether oxygens (including phenoxy) is 6. The van der Waals surface area contributed by atoms with Gasteiger partial charge in [0, 0.05) is 42.4 Å². The lowest BCUT2D eigenvalue weighted by Gasteiger charge is -2.39. The Balaban J connectivity index is 0.996. The summed E-state index contributed by atoms with van der Waals surface area (Å²) < 4.78 is 36.0. The van der Waals surface area contributed by atoms with Crippen LogP contribution in [0, 0.1) is 11.8 Å². The first kappa shape index (κ1) is 47.4. The van der Waals surface area contributed by atoms with E-state index in [1.54, 1.807) is 87.5 Å². The van der Waals surface area contributed by atoms with Crippen LogP contribution >= 0.6 is 0 Å². The van der Waals surface area contributed by atoms with E-state index in [-0.39, 0.29) is 56.4 Å². The molecule has 0 bridgehead atoms. The number of carbonyl (C=O) groups excluding carboxylic acids is 4. The van der Waals surface area contributed by atoms with Gasteiger partial charge >= 0.3 is 11.9 Å². The SMILES string of the molecule is CC(C)(C)OC(=O)CCC(CO)NC(=O)c1cccc(CNC(=O)C2=CC3OC(C4CC4)(C4CC4)OC3C(OC(=O)c3ccccc3C=CCOC3OC(CO)C(O)C(O)C3O)C2)c1. The van der Waals surface area contributed by atoms with Crippen molar-refractivity contribution >= 4 is 29.8 Å². The van der Waals surface area contributed by atoms with Crippen LogP contribution in [0.3, 0.4) is 0 Å². The average Bonchev–Trinajstić information content (AvgIpc) is 4.23. The van der Waals surface area contributed by atoms with Gasteiger partial charge in [-0.3, -0.25) is 14.4 Å². The van der Waals surface area contributed by atoms with Gasteiger partial charge in [0.05, 0.1) is 31.4 Å². The van der Waals surface area contributed by atoms with Crippen molar-refractivity contribution in [3.05, 3.63) is 88.5 Å². The minimum atomic E-state index is -1.58. The molecule has 0 spiro atoms. The first-order valence-electron chi connectivity index (χ1n) is 22.0. The number of rotatable bonds is 18. The molecule has 2 saturated carbocycles. The number of benzene rings is 2. The van der Waals surface area contributed by atoms with E-state index in [1.165, 1.54) is 0 Å². The molecule has 0 aromatic heterocycles. The Bertz CT molecular complexity index is 2040. The summed E-state index contributed by atoms with van der Waals surface area (Å²) >= 11 is 0. The van der Waals surface area contributed by atoms with Crippen LogP contribution < -0.4 is 10.6 Å². The predicted molar refractivity (Wildman–Crippen MR) is 227 cm³/mol. The summed E-state index contributed by atoms with van der Waals surface area (Å²) in [5, 5.41) is 55.5. The van der Waals surface area contributed by atoms with Crippen molar-refractivity contribution in [1.29, 1.82) is 0 Å². The van der Waals surface area contributed by atoms with E-state index in [0.29, 0.717) is 22.3 Å². The number of aliphatic hydroxyl groups excluding tert-OH is 5. The number of hydrogen-bond donors (Lipinski definition) is 7. The number of nitrogens with one attached hydrogen (secondary N) is 2. The van der Waals surface area contributed by atoms with E-state index in [0.717, 1.165) is 25.7 Å². The molecule has 2 aromatic carbocycles. The standard InChI is InChI=1S/C47H60N2O15/c1-46(2,3)63-37(52)18-17-32(24-50)49-43(57)28-10-6-8-26(20-28)23-48-42(56)29-21-34(41-35(22-29)62-47(64-41,30-13-14-30)31-15-16-31)60-44(58)33-12-5-4-9-27(33)11-7-19-59-45-40(55)39(54)38(53)36(25-51)61-45/h4-12,20,22,30-32,34-36,38-41,45,50-51,53-55H,13-19,21,23-25H2,1-3H3,(H,48,56)(H,49,57). The summed E-state index contributed by atoms with van der Waals surface area (Å²) in [4.78, 5) is 53.3. The molecule has 17 heteroatoms. The average molecular weight is 893 g/mol. The molecule has 2 aromatic rings. The molecule has 348 valence electrons. The van der Waals surface area contributed by atoms with Crippen molar-refractivity contribution in [2.75, 3.05) is 19.8 Å². The Morgan fingerprint density at radius 3 is 2.34 bits per heavy atom. The lowest BCUT2D eigenvalue weighted by molar-refractivity contribution is -0.298. The zero-order valence-electron chi connectivity index (χ0n) is 36.3. The van der Waals surface area contributed by atoms with Gasteiger partial charge < -0.3 is 64.6 Å². The molecular formula is C47H60N2O15. The molecule has 7 rings (SSSR count). The van der Waals surface area contributed by atoms with Crippen LogP contribution in [0.5, 0.6) is 0 Å². The van der Waals surface area contributed by atoms with Gasteiger partial charge in [-0.25, -0.2) is 4.79 Å². The van der Waals surface area contributed by atoms with E-state index in [1.807, 2.05) is 0 Å². The van der Waals surface area contributed by atoms with Crippen molar-refractivity contribution < 1.29 is 73.1 Å². The van der Waals surface area contributed by atoms with Crippen molar-refractivity contribution in [3.8, 4) is 0 Å². The van der Waals surface area contributed by atoms with E-state index >= 15 is 0 Å². The van der Waals surface area contributed by atoms with Crippen LogP contribution in [0.25, 0.3) is 6.08 Å². The molecule has 64 heavy (non-hydrogen) atoms. The minimum absolute atomic E-state index is 0.0195. The third-order valence-corrected chi connectivity index (χ3v) is 12.0. The summed E-state index contributed by atoms with van der Waals surface area (Å²) in [7, 11) is 0. The van der Waals surface area contributed by atoms with Crippen LogP contribution in [-0.4, -0.2) is 136 Å². The quantitative estimate of drug-likeness (QED) is 0.106. The van der Waals surface area contributed by atoms with Gasteiger partial charge in [0.15, 0.2) is 12.1 Å². The molecule has 9 unspecified atom stereocenters. The molecule has 2 saturated heterocycles. The first-order chi connectivity index (χ1) is 30.6. The Labute approximate surface area is 371 Å². The van der Waals surface area contributed by atoms with Crippen LogP contribution in [0.4, 0.5) is 0 Å². The van der Waals surface area contributed by atoms with Crippen molar-refractivity contribution in [1.82, 2.24) is 10.6 Å². The number of fused-ring (bicyclic) bond motifs is 1. The maximum atomic E-state index is 14.0. The van der Waals surface area contributed by atoms with Crippen molar-refractivity contribution in [3.63, 3.8) is 0 Å². The van der Waals surface area contributed by atoms with Crippen molar-refractivity contribution in [2.24, 2.45) is 11.8 Å². The molecule has 5 aliphatic rings. The monoisotopic (exact) mass is 892 g/mol. The Morgan fingerprint density at radius 2 is 1.66 bits per heavy atom. The second-order valence-electron chi connectivity index (χ2n) is 18.2. The molecule has 3 aliphatic carbocycles. The van der Waals surface area contributed by atoms with Crippen LogP contribution in [0.1, 0.15) is 97.6 Å². The van der Waals surface area contributed by atoms with Gasteiger partial charge in [-0.05, 0) is 88.3 Å². The largest absolute Gasteiger partial charge is 0.460 e. The van der Waals surface area contributed by atoms with E-state index in [9.17, 15) is 44.7 Å². The number of aliphatic hydroxyl groups is 5. The second-order valence-corrected chi connectivity index (χ2v) is 18.2. The molecule has 2 amide bonds. The minimum Gasteiger partial charge on any atom is -0.460 e. The summed E-state index contributed by atoms with van der Waals surface area (Å²) in [6, 6.07) is 12.8. The summed E-state index contributed by atoms with van der Waals surface area (Å²) in [6.07, 6.45) is -0.225. The Kier molecular flexibility index (Phi) is 15.0. The topological polar surface area (TPSA) is 249 Å². The van der Waals surface area contributed by atoms with E-state index in [2.05, 4.69) is 10.6 Å². The van der Waals surface area contributed by atoms with Crippen LogP contribution in [-0.2, 0) is 44.6 Å². The molecular weight excluding hydrogens is 833 g/mol. The van der Waals surface area contributed by atoms with E-state index < -0.39 is 96.8 Å². The molecule has 7 N–H and O–H groups in total. The van der Waals surface area contributed by atoms with Gasteiger partial charge in [-0.15, -0.1) is 0 Å². The normalized spacial score (nSPS) is 28.2. The molecule has 2 aliphatic heterocycles. The highest BCUT2D eigenvalue weighted by Crippen LogP contribution is 2.59. The smallest absolute Gasteiger partial charge is 0.339 e. The first-order valence-corrected chi connectivity index (χ1v) is 22.0. The number of amides is 2.